The molecule has 7 nitrogen and oxygen atoms in total. The summed E-state index contributed by atoms with van der Waals surface area (Å²) in [7, 11) is 0. The minimum absolute atomic E-state index is 0.0300. The third kappa shape index (κ3) is 3.68. The van der Waals surface area contributed by atoms with Crippen LogP contribution in [0.4, 0.5) is 13.2 Å². The molecule has 3 rings (SSSR count). The minimum Gasteiger partial charge on any atom is -0.338 e. The van der Waals surface area contributed by atoms with Crippen molar-refractivity contribution in [1.29, 1.82) is 0 Å². The molecule has 0 bridgehead atoms. The largest absolute Gasteiger partial charge is 0.433 e. The number of aryl methyl sites for hydroxylation is 1. The highest BCUT2D eigenvalue weighted by Gasteiger charge is 2.33. The number of aromatic nitrogens is 5. The Kier molecular flexibility index (Phi) is 4.65. The molecule has 3 aromatic rings. The van der Waals surface area contributed by atoms with Gasteiger partial charge in [0.1, 0.15) is 11.7 Å². The van der Waals surface area contributed by atoms with Gasteiger partial charge in [-0.25, -0.2) is 4.98 Å². The lowest BCUT2D eigenvalue weighted by molar-refractivity contribution is -0.141. The summed E-state index contributed by atoms with van der Waals surface area (Å²) < 4.78 is 38.2. The lowest BCUT2D eigenvalue weighted by atomic mass is 10.1. The smallest absolute Gasteiger partial charge is 0.338 e. The molecule has 0 aliphatic rings. The number of alkyl halides is 3. The monoisotopic (exact) mass is 362 g/mol. The number of carbonyl (C=O) groups is 1. The van der Waals surface area contributed by atoms with Gasteiger partial charge in [0.15, 0.2) is 0 Å². The molecule has 2 N–H and O–H groups in total. The number of hydrogen-bond acceptors (Lipinski definition) is 5. The van der Waals surface area contributed by atoms with Crippen LogP contribution in [-0.2, 0) is 6.18 Å². The number of nitrogens with one attached hydrogen (secondary N) is 2. The van der Waals surface area contributed by atoms with E-state index in [-0.39, 0.29) is 17.1 Å². The molecule has 0 saturated heterocycles. The van der Waals surface area contributed by atoms with Crippen molar-refractivity contribution in [2.45, 2.75) is 19.1 Å². The van der Waals surface area contributed by atoms with Crippen LogP contribution in [0.15, 0.2) is 42.5 Å². The number of pyridine rings is 1. The molecule has 0 aliphatic heterocycles. The fourth-order valence-electron chi connectivity index (χ4n) is 2.40. The molecular formula is C16H13F3N6O. The highest BCUT2D eigenvalue weighted by atomic mass is 19.4. The lowest BCUT2D eigenvalue weighted by Gasteiger charge is -2.17. The van der Waals surface area contributed by atoms with Crippen molar-refractivity contribution in [3.8, 4) is 0 Å². The van der Waals surface area contributed by atoms with Crippen molar-refractivity contribution in [2.75, 3.05) is 0 Å². The zero-order chi connectivity index (χ0) is 18.7. The van der Waals surface area contributed by atoms with Gasteiger partial charge in [0, 0.05) is 0 Å². The van der Waals surface area contributed by atoms with E-state index in [9.17, 15) is 18.0 Å². The van der Waals surface area contributed by atoms with Gasteiger partial charge in [-0.3, -0.25) is 4.79 Å². The molecule has 1 aromatic carbocycles. The second kappa shape index (κ2) is 6.90. The number of halogens is 3. The van der Waals surface area contributed by atoms with Crippen molar-refractivity contribution in [1.82, 2.24) is 30.9 Å². The standard InChI is InChI=1S/C16H13F3N6O/c1-9-11(7-8-12(20-9)16(17,18)19)15(26)21-13(14-22-24-25-23-14)10-5-3-2-4-6-10/h2-8,13H,1H3,(H,21,26)(H,22,23,24,25). The molecule has 134 valence electrons. The molecule has 1 atom stereocenters. The first kappa shape index (κ1) is 17.5. The second-order valence-corrected chi connectivity index (χ2v) is 5.41. The van der Waals surface area contributed by atoms with E-state index in [1.165, 1.54) is 6.92 Å². The number of H-pyrrole nitrogens is 1. The van der Waals surface area contributed by atoms with Gasteiger partial charge < -0.3 is 5.32 Å². The maximum atomic E-state index is 12.7. The van der Waals surface area contributed by atoms with Crippen LogP contribution in [0.1, 0.15) is 39.2 Å². The average Bonchev–Trinajstić information content (AvgIpc) is 3.13. The predicted molar refractivity (Wildman–Crippen MR) is 83.9 cm³/mol. The summed E-state index contributed by atoms with van der Waals surface area (Å²) in [6.45, 7) is 1.34. The average molecular weight is 362 g/mol. The summed E-state index contributed by atoms with van der Waals surface area (Å²) in [6, 6.07) is 10.0. The first-order valence-electron chi connectivity index (χ1n) is 7.50. The number of tetrazole rings is 1. The van der Waals surface area contributed by atoms with Gasteiger partial charge in [-0.15, -0.1) is 10.2 Å². The summed E-state index contributed by atoms with van der Waals surface area (Å²) in [4.78, 5) is 16.1. The molecule has 0 fully saturated rings. The SMILES string of the molecule is Cc1nc(C(F)(F)F)ccc1C(=O)NC(c1ccccc1)c1nn[nH]n1. The van der Waals surface area contributed by atoms with E-state index in [2.05, 4.69) is 30.9 Å². The minimum atomic E-state index is -4.57. The fraction of sp³-hybridized carbons (Fsp3) is 0.188. The van der Waals surface area contributed by atoms with Crippen LogP contribution in [0.3, 0.4) is 0 Å². The van der Waals surface area contributed by atoms with Crippen molar-refractivity contribution in [3.63, 3.8) is 0 Å². The van der Waals surface area contributed by atoms with Crippen molar-refractivity contribution in [2.24, 2.45) is 0 Å². The number of hydrogen-bond donors (Lipinski definition) is 2. The van der Waals surface area contributed by atoms with E-state index in [0.29, 0.717) is 5.56 Å². The van der Waals surface area contributed by atoms with Crippen molar-refractivity contribution in [3.05, 3.63) is 70.8 Å². The molecule has 1 amide bonds. The predicted octanol–water partition coefficient (Wildman–Crippen LogP) is 2.44. The lowest BCUT2D eigenvalue weighted by Crippen LogP contribution is -2.31. The Morgan fingerprint density at radius 2 is 1.88 bits per heavy atom. The number of benzene rings is 1. The van der Waals surface area contributed by atoms with Gasteiger partial charge in [-0.1, -0.05) is 35.5 Å². The van der Waals surface area contributed by atoms with Gasteiger partial charge in [-0.05, 0) is 24.6 Å². The number of nitrogens with zero attached hydrogens (tertiary/aromatic N) is 4. The Bertz CT molecular complexity index is 896. The van der Waals surface area contributed by atoms with Gasteiger partial charge in [0.25, 0.3) is 5.91 Å². The summed E-state index contributed by atoms with van der Waals surface area (Å²) in [5, 5.41) is 16.3. The zero-order valence-electron chi connectivity index (χ0n) is 13.4. The van der Waals surface area contributed by atoms with Crippen LogP contribution >= 0.6 is 0 Å². The van der Waals surface area contributed by atoms with Crippen molar-refractivity contribution < 1.29 is 18.0 Å². The molecule has 2 aromatic heterocycles. The molecule has 26 heavy (non-hydrogen) atoms. The Hall–Kier alpha value is -3.30. The van der Waals surface area contributed by atoms with Gasteiger partial charge in [-0.2, -0.15) is 18.4 Å². The van der Waals surface area contributed by atoms with Gasteiger partial charge >= 0.3 is 6.18 Å². The first-order valence-corrected chi connectivity index (χ1v) is 7.50. The summed E-state index contributed by atoms with van der Waals surface area (Å²) in [5.74, 6) is -0.371. The summed E-state index contributed by atoms with van der Waals surface area (Å²) >= 11 is 0. The topological polar surface area (TPSA) is 96.5 Å². The maximum Gasteiger partial charge on any atom is 0.433 e. The second-order valence-electron chi connectivity index (χ2n) is 5.41. The maximum absolute atomic E-state index is 12.7. The van der Waals surface area contributed by atoms with Crippen LogP contribution in [0, 0.1) is 6.92 Å². The van der Waals surface area contributed by atoms with Gasteiger partial charge in [0.2, 0.25) is 5.82 Å². The molecule has 0 spiro atoms. The van der Waals surface area contributed by atoms with Crippen LogP contribution in [0.5, 0.6) is 0 Å². The van der Waals surface area contributed by atoms with E-state index in [1.54, 1.807) is 24.3 Å². The van der Waals surface area contributed by atoms with E-state index in [1.807, 2.05) is 6.07 Å². The van der Waals surface area contributed by atoms with Crippen LogP contribution in [0.2, 0.25) is 0 Å². The number of rotatable bonds is 4. The molecule has 2 heterocycles. The molecule has 10 heteroatoms. The molecule has 1 unspecified atom stereocenters. The van der Waals surface area contributed by atoms with Gasteiger partial charge in [0.05, 0.1) is 11.3 Å². The normalized spacial score (nSPS) is 12.6. The third-order valence-electron chi connectivity index (χ3n) is 3.65. The zero-order valence-corrected chi connectivity index (χ0v) is 13.4. The molecule has 0 aliphatic carbocycles. The Morgan fingerprint density at radius 1 is 1.15 bits per heavy atom. The van der Waals surface area contributed by atoms with E-state index in [4.69, 9.17) is 0 Å². The van der Waals surface area contributed by atoms with E-state index < -0.39 is 23.8 Å². The molecule has 0 saturated carbocycles. The fourth-order valence-corrected chi connectivity index (χ4v) is 2.40. The summed E-state index contributed by atoms with van der Waals surface area (Å²) in [6.07, 6.45) is -4.57. The van der Waals surface area contributed by atoms with E-state index >= 15 is 0 Å². The van der Waals surface area contributed by atoms with Crippen LogP contribution in [-0.4, -0.2) is 31.5 Å². The Labute approximate surface area is 145 Å². The quantitative estimate of drug-likeness (QED) is 0.743. The molecule has 0 radical (unpaired) electrons. The molecular weight excluding hydrogens is 349 g/mol. The Balaban J connectivity index is 1.89. The third-order valence-corrected chi connectivity index (χ3v) is 3.65. The number of amides is 1. The number of carbonyl (C=O) groups excluding carboxylic acids is 1. The van der Waals surface area contributed by atoms with E-state index in [0.717, 1.165) is 12.1 Å². The Morgan fingerprint density at radius 3 is 2.46 bits per heavy atom. The first-order chi connectivity index (χ1) is 12.4. The van der Waals surface area contributed by atoms with Crippen molar-refractivity contribution >= 4 is 5.91 Å². The highest BCUT2D eigenvalue weighted by Crippen LogP contribution is 2.28. The summed E-state index contributed by atoms with van der Waals surface area (Å²) in [5.41, 5.74) is -0.358. The van der Waals surface area contributed by atoms with Crippen LogP contribution in [0.25, 0.3) is 0 Å². The highest BCUT2D eigenvalue weighted by molar-refractivity contribution is 5.95. The number of aromatic amines is 1. The van der Waals surface area contributed by atoms with Crippen LogP contribution < -0.4 is 5.32 Å².